The van der Waals surface area contributed by atoms with Crippen molar-refractivity contribution in [3.8, 4) is 0 Å². The number of anilines is 1. The fourth-order valence-electron chi connectivity index (χ4n) is 3.37. The van der Waals surface area contributed by atoms with Crippen LogP contribution in [-0.4, -0.2) is 17.6 Å². The van der Waals surface area contributed by atoms with E-state index in [0.717, 1.165) is 18.7 Å². The number of carbonyl (C=O) groups is 1. The summed E-state index contributed by atoms with van der Waals surface area (Å²) in [5.74, 6) is -0.874. The van der Waals surface area contributed by atoms with Gasteiger partial charge in [0, 0.05) is 12.2 Å². The SMILES string of the molecule is CCCCCCCC/C=C\CCCCCCCCNc1cccc(C(=O)O)c1. The Kier molecular flexibility index (Phi) is 15.0. The second kappa shape index (κ2) is 17.3. The van der Waals surface area contributed by atoms with Crippen LogP contribution in [0.5, 0.6) is 0 Å². The van der Waals surface area contributed by atoms with Gasteiger partial charge in [0.1, 0.15) is 0 Å². The van der Waals surface area contributed by atoms with Gasteiger partial charge >= 0.3 is 5.97 Å². The van der Waals surface area contributed by atoms with Crippen molar-refractivity contribution in [2.45, 2.75) is 96.8 Å². The van der Waals surface area contributed by atoms with Crippen LogP contribution in [0.1, 0.15) is 107 Å². The van der Waals surface area contributed by atoms with Crippen LogP contribution in [0.2, 0.25) is 0 Å². The zero-order valence-corrected chi connectivity index (χ0v) is 17.9. The van der Waals surface area contributed by atoms with Gasteiger partial charge in [-0.15, -0.1) is 0 Å². The van der Waals surface area contributed by atoms with Gasteiger partial charge in [-0.25, -0.2) is 4.79 Å². The number of nitrogens with one attached hydrogen (secondary N) is 1. The van der Waals surface area contributed by atoms with E-state index in [4.69, 9.17) is 5.11 Å². The fraction of sp³-hybridized carbons (Fsp3) is 0.640. The number of hydrogen-bond acceptors (Lipinski definition) is 2. The number of hydrogen-bond donors (Lipinski definition) is 2. The molecule has 0 bridgehead atoms. The number of carboxylic acid groups (broad SMARTS) is 1. The summed E-state index contributed by atoms with van der Waals surface area (Å²) in [4.78, 5) is 11.0. The average molecular weight is 388 g/mol. The number of allylic oxidation sites excluding steroid dienone is 2. The van der Waals surface area contributed by atoms with Crippen LogP contribution in [0, 0.1) is 0 Å². The molecule has 0 atom stereocenters. The van der Waals surface area contributed by atoms with Crippen molar-refractivity contribution in [3.05, 3.63) is 42.0 Å². The topological polar surface area (TPSA) is 49.3 Å². The predicted octanol–water partition coefficient (Wildman–Crippen LogP) is 7.83. The van der Waals surface area contributed by atoms with Crippen molar-refractivity contribution in [3.63, 3.8) is 0 Å². The summed E-state index contributed by atoms with van der Waals surface area (Å²) in [7, 11) is 0. The van der Waals surface area contributed by atoms with E-state index in [2.05, 4.69) is 24.4 Å². The number of unbranched alkanes of at least 4 members (excludes halogenated alkanes) is 12. The van der Waals surface area contributed by atoms with Crippen molar-refractivity contribution >= 4 is 11.7 Å². The molecule has 0 fully saturated rings. The molecule has 28 heavy (non-hydrogen) atoms. The lowest BCUT2D eigenvalue weighted by atomic mass is 10.1. The maximum atomic E-state index is 11.0. The van der Waals surface area contributed by atoms with Crippen LogP contribution in [0.25, 0.3) is 0 Å². The van der Waals surface area contributed by atoms with E-state index in [1.165, 1.54) is 83.5 Å². The molecule has 0 aliphatic heterocycles. The molecule has 0 amide bonds. The highest BCUT2D eigenvalue weighted by molar-refractivity contribution is 5.88. The van der Waals surface area contributed by atoms with Gasteiger partial charge in [-0.3, -0.25) is 0 Å². The number of aromatic carboxylic acids is 1. The third kappa shape index (κ3) is 13.4. The van der Waals surface area contributed by atoms with E-state index in [0.29, 0.717) is 5.56 Å². The van der Waals surface area contributed by atoms with Crippen molar-refractivity contribution < 1.29 is 9.90 Å². The van der Waals surface area contributed by atoms with Gasteiger partial charge in [0.05, 0.1) is 5.56 Å². The maximum absolute atomic E-state index is 11.0. The second-order valence-electron chi connectivity index (χ2n) is 7.75. The summed E-state index contributed by atoms with van der Waals surface area (Å²) in [5.41, 5.74) is 1.23. The van der Waals surface area contributed by atoms with E-state index in [9.17, 15) is 4.79 Å². The lowest BCUT2D eigenvalue weighted by Gasteiger charge is -2.07. The van der Waals surface area contributed by atoms with Gasteiger partial charge in [-0.2, -0.15) is 0 Å². The highest BCUT2D eigenvalue weighted by Crippen LogP contribution is 2.12. The van der Waals surface area contributed by atoms with E-state index in [1.54, 1.807) is 18.2 Å². The van der Waals surface area contributed by atoms with Crippen molar-refractivity contribution in [2.24, 2.45) is 0 Å². The number of rotatable bonds is 18. The molecule has 0 aromatic heterocycles. The lowest BCUT2D eigenvalue weighted by Crippen LogP contribution is -2.03. The maximum Gasteiger partial charge on any atom is 0.335 e. The highest BCUT2D eigenvalue weighted by Gasteiger charge is 2.02. The first-order valence-electron chi connectivity index (χ1n) is 11.5. The molecule has 1 rings (SSSR count). The normalized spacial score (nSPS) is 11.2. The van der Waals surface area contributed by atoms with E-state index in [-0.39, 0.29) is 0 Å². The molecule has 0 heterocycles. The van der Waals surface area contributed by atoms with Crippen molar-refractivity contribution in [1.82, 2.24) is 0 Å². The van der Waals surface area contributed by atoms with Crippen LogP contribution in [-0.2, 0) is 0 Å². The van der Waals surface area contributed by atoms with Crippen LogP contribution in [0.4, 0.5) is 5.69 Å². The van der Waals surface area contributed by atoms with Gasteiger partial charge in [-0.05, 0) is 50.3 Å². The molecular weight excluding hydrogens is 346 g/mol. The Balaban J connectivity index is 1.86. The van der Waals surface area contributed by atoms with Crippen LogP contribution < -0.4 is 5.32 Å². The minimum Gasteiger partial charge on any atom is -0.478 e. The zero-order valence-electron chi connectivity index (χ0n) is 17.9. The van der Waals surface area contributed by atoms with E-state index in [1.807, 2.05) is 6.07 Å². The average Bonchev–Trinajstić information content (AvgIpc) is 2.70. The zero-order chi connectivity index (χ0) is 20.3. The molecule has 0 aliphatic carbocycles. The molecule has 0 unspecified atom stereocenters. The smallest absolute Gasteiger partial charge is 0.335 e. The summed E-state index contributed by atoms with van der Waals surface area (Å²) < 4.78 is 0. The Morgan fingerprint density at radius 1 is 0.857 bits per heavy atom. The third-order valence-corrected chi connectivity index (χ3v) is 5.13. The summed E-state index contributed by atoms with van der Waals surface area (Å²) >= 11 is 0. The van der Waals surface area contributed by atoms with Gasteiger partial charge in [0.2, 0.25) is 0 Å². The minimum atomic E-state index is -0.874. The van der Waals surface area contributed by atoms with Gasteiger partial charge < -0.3 is 10.4 Å². The summed E-state index contributed by atoms with van der Waals surface area (Å²) in [6, 6.07) is 7.03. The molecule has 0 saturated carbocycles. The monoisotopic (exact) mass is 387 g/mol. The van der Waals surface area contributed by atoms with Crippen molar-refractivity contribution in [2.75, 3.05) is 11.9 Å². The molecule has 0 saturated heterocycles. The van der Waals surface area contributed by atoms with Crippen LogP contribution >= 0.6 is 0 Å². The predicted molar refractivity (Wildman–Crippen MR) is 121 cm³/mol. The Bertz CT molecular complexity index is 539. The molecule has 3 heteroatoms. The molecule has 158 valence electrons. The van der Waals surface area contributed by atoms with E-state index < -0.39 is 5.97 Å². The highest BCUT2D eigenvalue weighted by atomic mass is 16.4. The van der Waals surface area contributed by atoms with Gasteiger partial charge in [0.25, 0.3) is 0 Å². The standard InChI is InChI=1S/C25H41NO2/c1-2-3-4-5-6-7-8-9-10-11-12-13-14-15-16-17-21-26-24-20-18-19-23(22-24)25(27)28/h9-10,18-20,22,26H,2-8,11-17,21H2,1H3,(H,27,28)/b10-9-. The molecule has 0 spiro atoms. The molecule has 0 aliphatic rings. The van der Waals surface area contributed by atoms with Crippen LogP contribution in [0.15, 0.2) is 36.4 Å². The fourth-order valence-corrected chi connectivity index (χ4v) is 3.37. The van der Waals surface area contributed by atoms with Crippen molar-refractivity contribution in [1.29, 1.82) is 0 Å². The Labute approximate surface area is 172 Å². The number of carboxylic acids is 1. The first-order chi connectivity index (χ1) is 13.7. The largest absolute Gasteiger partial charge is 0.478 e. The molecule has 3 nitrogen and oxygen atoms in total. The Morgan fingerprint density at radius 2 is 1.43 bits per heavy atom. The Hall–Kier alpha value is -1.77. The number of benzene rings is 1. The quantitative estimate of drug-likeness (QED) is 0.199. The summed E-state index contributed by atoms with van der Waals surface area (Å²) in [5, 5.41) is 12.3. The second-order valence-corrected chi connectivity index (χ2v) is 7.75. The Morgan fingerprint density at radius 3 is 2.04 bits per heavy atom. The summed E-state index contributed by atoms with van der Waals surface area (Å²) in [6.07, 6.45) is 23.2. The summed E-state index contributed by atoms with van der Waals surface area (Å²) in [6.45, 7) is 3.18. The third-order valence-electron chi connectivity index (χ3n) is 5.13. The molecule has 0 radical (unpaired) electrons. The minimum absolute atomic E-state index is 0.339. The van der Waals surface area contributed by atoms with Crippen LogP contribution in [0.3, 0.4) is 0 Å². The molecule has 2 N–H and O–H groups in total. The van der Waals surface area contributed by atoms with Gasteiger partial charge in [0.15, 0.2) is 0 Å². The lowest BCUT2D eigenvalue weighted by molar-refractivity contribution is 0.0697. The van der Waals surface area contributed by atoms with E-state index >= 15 is 0 Å². The first kappa shape index (κ1) is 24.3. The first-order valence-corrected chi connectivity index (χ1v) is 11.5. The molecule has 1 aromatic carbocycles. The molecular formula is C25H41NO2. The molecule has 1 aromatic rings. The van der Waals surface area contributed by atoms with Gasteiger partial charge in [-0.1, -0.05) is 82.9 Å².